The highest BCUT2D eigenvalue weighted by molar-refractivity contribution is 7.14. The molecule has 0 fully saturated rings. The van der Waals surface area contributed by atoms with E-state index in [9.17, 15) is 9.90 Å². The van der Waals surface area contributed by atoms with Crippen LogP contribution in [0.2, 0.25) is 0 Å². The van der Waals surface area contributed by atoms with Gasteiger partial charge < -0.3 is 5.11 Å². The molecule has 0 bridgehead atoms. The van der Waals surface area contributed by atoms with Gasteiger partial charge in [-0.2, -0.15) is 15.2 Å². The van der Waals surface area contributed by atoms with Crippen molar-refractivity contribution in [3.05, 3.63) is 59.0 Å². The first-order chi connectivity index (χ1) is 13.9. The normalized spacial score (nSPS) is 15.1. The minimum Gasteiger partial charge on any atom is -0.508 e. The third kappa shape index (κ3) is 3.74. The number of nitrogens with zero attached hydrogens (tertiary/aromatic N) is 4. The van der Waals surface area contributed by atoms with E-state index in [0.717, 1.165) is 11.3 Å². The fourth-order valence-electron chi connectivity index (χ4n) is 2.82. The molecule has 3 aromatic rings. The van der Waals surface area contributed by atoms with E-state index < -0.39 is 0 Å². The van der Waals surface area contributed by atoms with Crippen LogP contribution < -0.4 is 10.4 Å². The van der Waals surface area contributed by atoms with Gasteiger partial charge in [-0.05, 0) is 44.5 Å². The van der Waals surface area contributed by atoms with Crippen LogP contribution in [0.3, 0.4) is 0 Å². The summed E-state index contributed by atoms with van der Waals surface area (Å²) in [5, 5.41) is 21.8. The molecule has 1 aromatic heterocycles. The summed E-state index contributed by atoms with van der Waals surface area (Å²) in [5.74, 6) is -0.132. The number of carbonyl (C=O) groups excluding carboxylic acids is 1. The molecule has 8 heteroatoms. The molecule has 7 nitrogen and oxygen atoms in total. The van der Waals surface area contributed by atoms with Gasteiger partial charge in [0.25, 0.3) is 0 Å². The average Bonchev–Trinajstić information content (AvgIpc) is 3.29. The van der Waals surface area contributed by atoms with E-state index in [2.05, 4.69) is 20.6 Å². The van der Waals surface area contributed by atoms with Crippen molar-refractivity contribution < 1.29 is 9.90 Å². The highest BCUT2D eigenvalue weighted by Gasteiger charge is 2.32. The summed E-state index contributed by atoms with van der Waals surface area (Å²) in [4.78, 5) is 17.4. The Morgan fingerprint density at radius 3 is 2.59 bits per heavy atom. The lowest BCUT2D eigenvalue weighted by Crippen LogP contribution is -2.27. The second-order valence-electron chi connectivity index (χ2n) is 6.76. The molecular formula is C21H19N5O2S. The van der Waals surface area contributed by atoms with Crippen LogP contribution >= 0.6 is 11.3 Å². The van der Waals surface area contributed by atoms with Crippen LogP contribution in [0.5, 0.6) is 5.75 Å². The van der Waals surface area contributed by atoms with Crippen LogP contribution in [0, 0.1) is 13.8 Å². The van der Waals surface area contributed by atoms with Crippen molar-refractivity contribution in [2.75, 3.05) is 10.4 Å². The van der Waals surface area contributed by atoms with Gasteiger partial charge in [0.15, 0.2) is 5.71 Å². The number of hydrogen-bond acceptors (Lipinski definition) is 7. The van der Waals surface area contributed by atoms with Gasteiger partial charge >= 0.3 is 5.91 Å². The fraction of sp³-hybridized carbons (Fsp3) is 0.143. The number of amides is 1. The third-order valence-electron chi connectivity index (χ3n) is 4.50. The summed E-state index contributed by atoms with van der Waals surface area (Å²) in [7, 11) is 0. The zero-order valence-electron chi connectivity index (χ0n) is 16.2. The Kier molecular flexibility index (Phi) is 4.85. The third-order valence-corrected chi connectivity index (χ3v) is 5.32. The molecule has 1 amide bonds. The number of benzene rings is 2. The zero-order valence-corrected chi connectivity index (χ0v) is 17.0. The zero-order chi connectivity index (χ0) is 20.5. The van der Waals surface area contributed by atoms with E-state index in [1.807, 2.05) is 36.6 Å². The molecule has 4 rings (SSSR count). The quantitative estimate of drug-likeness (QED) is 0.500. The van der Waals surface area contributed by atoms with Crippen molar-refractivity contribution in [3.63, 3.8) is 0 Å². The molecule has 1 aliphatic rings. The monoisotopic (exact) mass is 405 g/mol. The molecule has 2 aromatic carbocycles. The van der Waals surface area contributed by atoms with Crippen LogP contribution in [-0.2, 0) is 4.79 Å². The second kappa shape index (κ2) is 7.48. The minimum atomic E-state index is -0.338. The number of rotatable bonds is 4. The summed E-state index contributed by atoms with van der Waals surface area (Å²) in [6.45, 7) is 5.55. The smallest absolute Gasteiger partial charge is 0.303 e. The van der Waals surface area contributed by atoms with Crippen molar-refractivity contribution in [1.29, 1.82) is 0 Å². The van der Waals surface area contributed by atoms with E-state index in [4.69, 9.17) is 0 Å². The molecule has 0 unspecified atom stereocenters. The Morgan fingerprint density at radius 2 is 1.86 bits per heavy atom. The number of aromatic hydroxyl groups is 1. The summed E-state index contributed by atoms with van der Waals surface area (Å²) >= 11 is 1.36. The molecular weight excluding hydrogens is 386 g/mol. The van der Waals surface area contributed by atoms with Crippen LogP contribution in [0.4, 0.5) is 10.8 Å². The predicted molar refractivity (Wildman–Crippen MR) is 117 cm³/mol. The number of phenols is 1. The van der Waals surface area contributed by atoms with Crippen molar-refractivity contribution in [3.8, 4) is 17.0 Å². The number of hydrogen-bond donors (Lipinski definition) is 2. The van der Waals surface area contributed by atoms with Gasteiger partial charge in [-0.25, -0.2) is 4.98 Å². The van der Waals surface area contributed by atoms with Crippen molar-refractivity contribution in [2.24, 2.45) is 10.2 Å². The van der Waals surface area contributed by atoms with Gasteiger partial charge in [0, 0.05) is 10.9 Å². The number of anilines is 2. The van der Waals surface area contributed by atoms with Gasteiger partial charge in [0.2, 0.25) is 5.13 Å². The maximum absolute atomic E-state index is 12.8. The summed E-state index contributed by atoms with van der Waals surface area (Å²) in [5.41, 5.74) is 7.93. The van der Waals surface area contributed by atoms with E-state index in [1.165, 1.54) is 21.9 Å². The first-order valence-electron chi connectivity index (χ1n) is 8.98. The molecule has 2 N–H and O–H groups in total. The number of aryl methyl sites for hydroxylation is 2. The Labute approximate surface area is 172 Å². The highest BCUT2D eigenvalue weighted by Crippen LogP contribution is 2.29. The molecule has 0 atom stereocenters. The van der Waals surface area contributed by atoms with Gasteiger partial charge in [-0.3, -0.25) is 10.2 Å². The van der Waals surface area contributed by atoms with E-state index in [0.29, 0.717) is 22.1 Å². The topological polar surface area (TPSA) is 90.2 Å². The Morgan fingerprint density at radius 1 is 1.10 bits per heavy atom. The second-order valence-corrected chi connectivity index (χ2v) is 7.59. The predicted octanol–water partition coefficient (Wildman–Crippen LogP) is 4.32. The number of hydrazone groups is 2. The Balaban J connectivity index is 1.54. The Bertz CT molecular complexity index is 1150. The lowest BCUT2D eigenvalue weighted by Gasteiger charge is -2.07. The van der Waals surface area contributed by atoms with Crippen LogP contribution in [0.1, 0.15) is 18.1 Å². The fourth-order valence-corrected chi connectivity index (χ4v) is 3.60. The van der Waals surface area contributed by atoms with E-state index in [-0.39, 0.29) is 17.4 Å². The van der Waals surface area contributed by atoms with E-state index >= 15 is 0 Å². The van der Waals surface area contributed by atoms with Gasteiger partial charge in [0.1, 0.15) is 5.75 Å². The number of thiazole rings is 1. The van der Waals surface area contributed by atoms with Crippen LogP contribution in [0.25, 0.3) is 11.3 Å². The molecule has 0 aliphatic carbocycles. The maximum Gasteiger partial charge on any atom is 0.303 e. The molecule has 2 heterocycles. The number of aromatic nitrogens is 1. The number of phenolic OH excluding ortho intramolecular Hbond substituents is 1. The van der Waals surface area contributed by atoms with Crippen LogP contribution in [-0.4, -0.2) is 27.4 Å². The molecule has 0 saturated heterocycles. The number of carbonyl (C=O) groups is 1. The SMILES string of the molecule is CC1=NN(c2nc(-c3ccc(C)cc3)cs2)C(=O)C1=NNc1ccc(O)c(C)c1. The minimum absolute atomic E-state index is 0.206. The van der Waals surface area contributed by atoms with Crippen molar-refractivity contribution >= 4 is 39.5 Å². The molecule has 1 aliphatic heterocycles. The Hall–Kier alpha value is -3.52. The summed E-state index contributed by atoms with van der Waals surface area (Å²) < 4.78 is 0. The number of nitrogens with one attached hydrogen (secondary N) is 1. The highest BCUT2D eigenvalue weighted by atomic mass is 32.1. The largest absolute Gasteiger partial charge is 0.508 e. The lowest BCUT2D eigenvalue weighted by molar-refractivity contribution is -0.112. The standard InChI is InChI=1S/C21H19N5O2S/c1-12-4-6-15(7-5-12)17-11-29-21(22-17)26-20(28)19(14(3)25-26)24-23-16-8-9-18(27)13(2)10-16/h4-11,23,27H,1-3H3. The summed E-state index contributed by atoms with van der Waals surface area (Å²) in [6.07, 6.45) is 0. The summed E-state index contributed by atoms with van der Waals surface area (Å²) in [6, 6.07) is 13.1. The first-order valence-corrected chi connectivity index (χ1v) is 9.86. The van der Waals surface area contributed by atoms with Gasteiger partial charge in [-0.15, -0.1) is 11.3 Å². The maximum atomic E-state index is 12.8. The molecule has 0 spiro atoms. The van der Waals surface area contributed by atoms with Gasteiger partial charge in [0.05, 0.1) is 17.1 Å². The van der Waals surface area contributed by atoms with E-state index in [1.54, 1.807) is 32.0 Å². The van der Waals surface area contributed by atoms with Crippen molar-refractivity contribution in [2.45, 2.75) is 20.8 Å². The molecule has 0 saturated carbocycles. The molecule has 29 heavy (non-hydrogen) atoms. The van der Waals surface area contributed by atoms with Crippen LogP contribution in [0.15, 0.2) is 58.0 Å². The molecule has 0 radical (unpaired) electrons. The molecule has 146 valence electrons. The lowest BCUT2D eigenvalue weighted by atomic mass is 10.1. The average molecular weight is 405 g/mol. The van der Waals surface area contributed by atoms with Gasteiger partial charge in [-0.1, -0.05) is 29.8 Å². The van der Waals surface area contributed by atoms with Crippen molar-refractivity contribution in [1.82, 2.24) is 4.98 Å². The first kappa shape index (κ1) is 18.8.